The summed E-state index contributed by atoms with van der Waals surface area (Å²) in [5, 5.41) is 9.60. The predicted octanol–water partition coefficient (Wildman–Crippen LogP) is 2.82. The van der Waals surface area contributed by atoms with Crippen molar-refractivity contribution in [1.82, 2.24) is 0 Å². The lowest BCUT2D eigenvalue weighted by atomic mass is 10.1. The second-order valence-electron chi connectivity index (χ2n) is 4.44. The van der Waals surface area contributed by atoms with Crippen LogP contribution in [0, 0.1) is 11.6 Å². The van der Waals surface area contributed by atoms with E-state index in [1.807, 2.05) is 0 Å². The van der Waals surface area contributed by atoms with E-state index in [1.165, 1.54) is 19.1 Å². The third kappa shape index (κ3) is 3.37. The van der Waals surface area contributed by atoms with E-state index < -0.39 is 32.7 Å². The number of benzene rings is 2. The standard InChI is InChI=1S/C14H13F2NO3S/c1-9(18)11-4-2-3-5-13(11)17-21(19,20)14-8-10(15)6-7-12(14)16/h2-9,17-18H,1H3. The van der Waals surface area contributed by atoms with Crippen LogP contribution < -0.4 is 4.72 Å². The minimum Gasteiger partial charge on any atom is -0.389 e. The highest BCUT2D eigenvalue weighted by Gasteiger charge is 2.21. The first-order valence-electron chi connectivity index (χ1n) is 6.06. The van der Waals surface area contributed by atoms with Gasteiger partial charge >= 0.3 is 0 Å². The van der Waals surface area contributed by atoms with Crippen LogP contribution in [-0.4, -0.2) is 13.5 Å². The van der Waals surface area contributed by atoms with Crippen LogP contribution in [0.1, 0.15) is 18.6 Å². The van der Waals surface area contributed by atoms with Crippen LogP contribution in [0.2, 0.25) is 0 Å². The summed E-state index contributed by atoms with van der Waals surface area (Å²) in [6, 6.07) is 8.32. The summed E-state index contributed by atoms with van der Waals surface area (Å²) in [5.41, 5.74) is 0.439. The molecule has 0 amide bonds. The quantitative estimate of drug-likeness (QED) is 0.912. The van der Waals surface area contributed by atoms with Crippen LogP contribution in [0.3, 0.4) is 0 Å². The fourth-order valence-electron chi connectivity index (χ4n) is 1.84. The summed E-state index contributed by atoms with van der Waals surface area (Å²) >= 11 is 0. The number of aliphatic hydroxyl groups is 1. The van der Waals surface area contributed by atoms with Gasteiger partial charge in [-0.1, -0.05) is 18.2 Å². The molecule has 1 atom stereocenters. The lowest BCUT2D eigenvalue weighted by molar-refractivity contribution is 0.200. The molecule has 2 rings (SSSR count). The van der Waals surface area contributed by atoms with Crippen molar-refractivity contribution >= 4 is 15.7 Å². The molecule has 1 unspecified atom stereocenters. The number of nitrogens with one attached hydrogen (secondary N) is 1. The average Bonchev–Trinajstić information content (AvgIpc) is 2.41. The first-order chi connectivity index (χ1) is 9.81. The van der Waals surface area contributed by atoms with Gasteiger partial charge in [-0.25, -0.2) is 17.2 Å². The molecule has 112 valence electrons. The van der Waals surface area contributed by atoms with Crippen molar-refractivity contribution in [3.8, 4) is 0 Å². The molecule has 7 heteroatoms. The zero-order valence-electron chi connectivity index (χ0n) is 11.0. The van der Waals surface area contributed by atoms with Crippen LogP contribution in [0.25, 0.3) is 0 Å². The normalized spacial score (nSPS) is 13.0. The molecule has 2 N–H and O–H groups in total. The summed E-state index contributed by atoms with van der Waals surface area (Å²) in [6.07, 6.45) is -0.916. The highest BCUT2D eigenvalue weighted by Crippen LogP contribution is 2.26. The molecule has 21 heavy (non-hydrogen) atoms. The zero-order valence-corrected chi connectivity index (χ0v) is 11.9. The van der Waals surface area contributed by atoms with E-state index >= 15 is 0 Å². The number of rotatable bonds is 4. The van der Waals surface area contributed by atoms with Gasteiger partial charge in [-0.05, 0) is 31.2 Å². The number of aliphatic hydroxyl groups excluding tert-OH is 1. The van der Waals surface area contributed by atoms with Crippen LogP contribution in [-0.2, 0) is 10.0 Å². The Morgan fingerprint density at radius 2 is 1.81 bits per heavy atom. The summed E-state index contributed by atoms with van der Waals surface area (Å²) < 4.78 is 53.2. The topological polar surface area (TPSA) is 66.4 Å². The minimum atomic E-state index is -4.30. The molecule has 0 spiro atoms. The maximum absolute atomic E-state index is 13.6. The van der Waals surface area contributed by atoms with Crippen molar-refractivity contribution in [2.24, 2.45) is 0 Å². The maximum Gasteiger partial charge on any atom is 0.264 e. The third-order valence-corrected chi connectivity index (χ3v) is 4.22. The van der Waals surface area contributed by atoms with Crippen molar-refractivity contribution in [2.45, 2.75) is 17.9 Å². The lowest BCUT2D eigenvalue weighted by Gasteiger charge is -2.14. The first-order valence-corrected chi connectivity index (χ1v) is 7.54. The van der Waals surface area contributed by atoms with Gasteiger partial charge in [0.2, 0.25) is 0 Å². The predicted molar refractivity (Wildman–Crippen MR) is 74.2 cm³/mol. The average molecular weight is 313 g/mol. The molecule has 0 aliphatic rings. The molecule has 0 heterocycles. The molecule has 0 aliphatic heterocycles. The third-order valence-electron chi connectivity index (χ3n) is 2.84. The molecule has 0 saturated carbocycles. The van der Waals surface area contributed by atoms with Crippen molar-refractivity contribution in [1.29, 1.82) is 0 Å². The van der Waals surface area contributed by atoms with E-state index in [0.717, 1.165) is 12.1 Å². The van der Waals surface area contributed by atoms with Crippen LogP contribution >= 0.6 is 0 Å². The SMILES string of the molecule is CC(O)c1ccccc1NS(=O)(=O)c1cc(F)ccc1F. The highest BCUT2D eigenvalue weighted by atomic mass is 32.2. The van der Waals surface area contributed by atoms with Gasteiger partial charge in [0.1, 0.15) is 16.5 Å². The second-order valence-corrected chi connectivity index (χ2v) is 6.09. The second kappa shape index (κ2) is 5.79. The van der Waals surface area contributed by atoms with Gasteiger partial charge in [0, 0.05) is 5.56 Å². The molecule has 0 aromatic heterocycles. The number of hydrogen-bond acceptors (Lipinski definition) is 3. The molecule has 0 bridgehead atoms. The van der Waals surface area contributed by atoms with E-state index in [-0.39, 0.29) is 5.69 Å². The lowest BCUT2D eigenvalue weighted by Crippen LogP contribution is -2.16. The molecule has 0 fully saturated rings. The fourth-order valence-corrected chi connectivity index (χ4v) is 3.01. The monoisotopic (exact) mass is 313 g/mol. The van der Waals surface area contributed by atoms with Crippen LogP contribution in [0.15, 0.2) is 47.4 Å². The summed E-state index contributed by atoms with van der Waals surface area (Å²) in [6.45, 7) is 1.47. The van der Waals surface area contributed by atoms with Crippen LogP contribution in [0.4, 0.5) is 14.5 Å². The molecule has 0 radical (unpaired) electrons. The Balaban J connectivity index is 2.45. The van der Waals surface area contributed by atoms with Gasteiger partial charge in [-0.15, -0.1) is 0 Å². The molecule has 2 aromatic rings. The van der Waals surface area contributed by atoms with Crippen molar-refractivity contribution in [3.63, 3.8) is 0 Å². The number of para-hydroxylation sites is 1. The molecule has 2 aromatic carbocycles. The minimum absolute atomic E-state index is 0.108. The van der Waals surface area contributed by atoms with Crippen molar-refractivity contribution in [3.05, 3.63) is 59.7 Å². The fraction of sp³-hybridized carbons (Fsp3) is 0.143. The Labute approximate surface area is 121 Å². The van der Waals surface area contributed by atoms with E-state index in [2.05, 4.69) is 4.72 Å². The van der Waals surface area contributed by atoms with Gasteiger partial charge in [0.05, 0.1) is 11.8 Å². The van der Waals surface area contributed by atoms with Gasteiger partial charge in [-0.3, -0.25) is 4.72 Å². The smallest absolute Gasteiger partial charge is 0.264 e. The molecule has 4 nitrogen and oxygen atoms in total. The number of sulfonamides is 1. The van der Waals surface area contributed by atoms with E-state index in [9.17, 15) is 22.3 Å². The molecule has 0 aliphatic carbocycles. The Hall–Kier alpha value is -1.99. The Morgan fingerprint density at radius 1 is 1.14 bits per heavy atom. The van der Waals surface area contributed by atoms with E-state index in [4.69, 9.17) is 0 Å². The summed E-state index contributed by atoms with van der Waals surface area (Å²) in [7, 11) is -4.30. The van der Waals surface area contributed by atoms with Crippen molar-refractivity contribution < 1.29 is 22.3 Å². The number of halogens is 2. The Kier molecular flexibility index (Phi) is 4.24. The Morgan fingerprint density at radius 3 is 2.48 bits per heavy atom. The van der Waals surface area contributed by atoms with E-state index in [0.29, 0.717) is 11.6 Å². The van der Waals surface area contributed by atoms with Gasteiger partial charge in [0.25, 0.3) is 10.0 Å². The highest BCUT2D eigenvalue weighted by molar-refractivity contribution is 7.92. The number of anilines is 1. The zero-order chi connectivity index (χ0) is 15.6. The maximum atomic E-state index is 13.6. The van der Waals surface area contributed by atoms with Gasteiger partial charge in [-0.2, -0.15) is 0 Å². The van der Waals surface area contributed by atoms with E-state index in [1.54, 1.807) is 12.1 Å². The van der Waals surface area contributed by atoms with Gasteiger partial charge in [0.15, 0.2) is 0 Å². The van der Waals surface area contributed by atoms with Crippen LogP contribution in [0.5, 0.6) is 0 Å². The van der Waals surface area contributed by atoms with Gasteiger partial charge < -0.3 is 5.11 Å². The number of hydrogen-bond donors (Lipinski definition) is 2. The largest absolute Gasteiger partial charge is 0.389 e. The first kappa shape index (κ1) is 15.4. The summed E-state index contributed by atoms with van der Waals surface area (Å²) in [4.78, 5) is -0.789. The van der Waals surface area contributed by atoms with Crippen molar-refractivity contribution in [2.75, 3.05) is 4.72 Å². The molecular weight excluding hydrogens is 300 g/mol. The summed E-state index contributed by atoms with van der Waals surface area (Å²) in [5.74, 6) is -1.92. The molecular formula is C14H13F2NO3S. The Bertz CT molecular complexity index is 761. The molecule has 0 saturated heterocycles.